The lowest BCUT2D eigenvalue weighted by molar-refractivity contribution is -0.116. The predicted octanol–water partition coefficient (Wildman–Crippen LogP) is 2.75. The highest BCUT2D eigenvalue weighted by atomic mass is 16.2. The van der Waals surface area contributed by atoms with Gasteiger partial charge in [-0.05, 0) is 43.3 Å². The van der Waals surface area contributed by atoms with Crippen molar-refractivity contribution in [3.8, 4) is 6.07 Å². The van der Waals surface area contributed by atoms with Gasteiger partial charge >= 0.3 is 6.03 Å². The fraction of sp³-hybridized carbons (Fsp3) is 0.211. The molecule has 0 radical (unpaired) electrons. The molecule has 1 aliphatic rings. The van der Waals surface area contributed by atoms with Gasteiger partial charge in [0.2, 0.25) is 5.91 Å². The van der Waals surface area contributed by atoms with Crippen LogP contribution in [0.25, 0.3) is 0 Å². The first-order valence-electron chi connectivity index (χ1n) is 8.00. The van der Waals surface area contributed by atoms with E-state index in [1.54, 1.807) is 29.2 Å². The molecule has 0 aromatic heterocycles. The minimum Gasteiger partial charge on any atom is -0.325 e. The first-order valence-corrected chi connectivity index (χ1v) is 8.00. The van der Waals surface area contributed by atoms with Gasteiger partial charge in [-0.1, -0.05) is 17.7 Å². The second-order valence-corrected chi connectivity index (χ2v) is 5.93. The second-order valence-electron chi connectivity index (χ2n) is 5.93. The molecule has 1 aliphatic heterocycles. The molecular weight excluding hydrogens is 316 g/mol. The van der Waals surface area contributed by atoms with Crippen LogP contribution in [0.3, 0.4) is 0 Å². The Morgan fingerprint density at radius 2 is 1.80 bits per heavy atom. The van der Waals surface area contributed by atoms with E-state index in [0.717, 1.165) is 11.3 Å². The van der Waals surface area contributed by atoms with Gasteiger partial charge in [0, 0.05) is 24.5 Å². The van der Waals surface area contributed by atoms with Gasteiger partial charge in [0.25, 0.3) is 0 Å². The molecule has 1 heterocycles. The Labute approximate surface area is 146 Å². The maximum absolute atomic E-state index is 12.5. The Bertz CT molecular complexity index is 822. The van der Waals surface area contributed by atoms with E-state index >= 15 is 0 Å². The van der Waals surface area contributed by atoms with Gasteiger partial charge < -0.3 is 10.2 Å². The SMILES string of the molecule is Cc1ccc(N2CCN(CC(=O)Nc3ccc(C#N)cc3)C2=O)cc1. The number of benzene rings is 2. The highest BCUT2D eigenvalue weighted by Gasteiger charge is 2.30. The molecule has 3 amide bonds. The number of anilines is 2. The first kappa shape index (κ1) is 16.5. The third-order valence-electron chi connectivity index (χ3n) is 4.07. The minimum absolute atomic E-state index is 0.00119. The van der Waals surface area contributed by atoms with Gasteiger partial charge in [0.15, 0.2) is 0 Å². The van der Waals surface area contributed by atoms with Crippen LogP contribution in [-0.2, 0) is 4.79 Å². The van der Waals surface area contributed by atoms with Crippen molar-refractivity contribution < 1.29 is 9.59 Å². The van der Waals surface area contributed by atoms with Crippen LogP contribution >= 0.6 is 0 Å². The summed E-state index contributed by atoms with van der Waals surface area (Å²) in [5.41, 5.74) is 3.10. The molecule has 2 aromatic carbocycles. The molecule has 1 fully saturated rings. The number of hydrogen-bond acceptors (Lipinski definition) is 3. The molecular formula is C19H18N4O2. The molecule has 0 spiro atoms. The normalized spacial score (nSPS) is 13.7. The van der Waals surface area contributed by atoms with Gasteiger partial charge in [0.05, 0.1) is 11.6 Å². The number of nitriles is 1. The molecule has 2 aromatic rings. The van der Waals surface area contributed by atoms with Crippen molar-refractivity contribution in [1.82, 2.24) is 4.90 Å². The number of aryl methyl sites for hydroxylation is 1. The van der Waals surface area contributed by atoms with Crippen molar-refractivity contribution in [2.75, 3.05) is 29.9 Å². The summed E-state index contributed by atoms with van der Waals surface area (Å²) in [6, 6.07) is 16.2. The Morgan fingerprint density at radius 1 is 1.12 bits per heavy atom. The Kier molecular flexibility index (Phi) is 4.66. The maximum Gasteiger partial charge on any atom is 0.325 e. The van der Waals surface area contributed by atoms with E-state index in [9.17, 15) is 9.59 Å². The van der Waals surface area contributed by atoms with Crippen LogP contribution in [0.1, 0.15) is 11.1 Å². The van der Waals surface area contributed by atoms with Crippen molar-refractivity contribution in [1.29, 1.82) is 5.26 Å². The summed E-state index contributed by atoms with van der Waals surface area (Å²) < 4.78 is 0. The lowest BCUT2D eigenvalue weighted by Crippen LogP contribution is -2.37. The highest BCUT2D eigenvalue weighted by Crippen LogP contribution is 2.20. The molecule has 0 aliphatic carbocycles. The van der Waals surface area contributed by atoms with E-state index in [1.807, 2.05) is 37.3 Å². The summed E-state index contributed by atoms with van der Waals surface area (Å²) in [5.74, 6) is -0.260. The van der Waals surface area contributed by atoms with Crippen molar-refractivity contribution in [2.45, 2.75) is 6.92 Å². The molecule has 1 saturated heterocycles. The highest BCUT2D eigenvalue weighted by molar-refractivity contribution is 5.99. The average Bonchev–Trinajstić information content (AvgIpc) is 2.97. The van der Waals surface area contributed by atoms with Gasteiger partial charge in [-0.15, -0.1) is 0 Å². The Hall–Kier alpha value is -3.33. The van der Waals surface area contributed by atoms with Crippen LogP contribution in [0.4, 0.5) is 16.2 Å². The zero-order chi connectivity index (χ0) is 17.8. The molecule has 0 unspecified atom stereocenters. The van der Waals surface area contributed by atoms with E-state index in [-0.39, 0.29) is 18.5 Å². The zero-order valence-electron chi connectivity index (χ0n) is 13.9. The number of amides is 3. The summed E-state index contributed by atoms with van der Waals surface area (Å²) >= 11 is 0. The maximum atomic E-state index is 12.5. The molecule has 25 heavy (non-hydrogen) atoms. The third-order valence-corrected chi connectivity index (χ3v) is 4.07. The number of rotatable bonds is 4. The van der Waals surface area contributed by atoms with E-state index in [0.29, 0.717) is 24.3 Å². The molecule has 0 atom stereocenters. The summed E-state index contributed by atoms with van der Waals surface area (Å²) in [4.78, 5) is 27.9. The number of carbonyl (C=O) groups is 2. The summed E-state index contributed by atoms with van der Waals surface area (Å²) in [6.07, 6.45) is 0. The number of nitrogens with zero attached hydrogens (tertiary/aromatic N) is 3. The van der Waals surface area contributed by atoms with Crippen LogP contribution in [-0.4, -0.2) is 36.5 Å². The zero-order valence-corrected chi connectivity index (χ0v) is 13.9. The molecule has 6 heteroatoms. The quantitative estimate of drug-likeness (QED) is 0.934. The topological polar surface area (TPSA) is 76.4 Å². The predicted molar refractivity (Wildman–Crippen MR) is 95.3 cm³/mol. The lowest BCUT2D eigenvalue weighted by atomic mass is 10.2. The first-order chi connectivity index (χ1) is 12.1. The second kappa shape index (κ2) is 7.05. The molecule has 126 valence electrons. The standard InChI is InChI=1S/C19H18N4O2/c1-14-2-8-17(9-3-14)23-11-10-22(19(23)25)13-18(24)21-16-6-4-15(12-20)5-7-16/h2-9H,10-11,13H2,1H3,(H,21,24). The number of hydrogen-bond donors (Lipinski definition) is 1. The van der Waals surface area contributed by atoms with Crippen molar-refractivity contribution in [3.05, 3.63) is 59.7 Å². The van der Waals surface area contributed by atoms with Gasteiger partial charge in [-0.2, -0.15) is 5.26 Å². The fourth-order valence-electron chi connectivity index (χ4n) is 2.70. The Morgan fingerprint density at radius 3 is 2.44 bits per heavy atom. The van der Waals surface area contributed by atoms with Crippen LogP contribution in [0.5, 0.6) is 0 Å². The van der Waals surface area contributed by atoms with Gasteiger partial charge in [0.1, 0.15) is 6.54 Å². The van der Waals surface area contributed by atoms with Crippen LogP contribution < -0.4 is 10.2 Å². The lowest BCUT2D eigenvalue weighted by Gasteiger charge is -2.18. The Balaban J connectivity index is 1.59. The average molecular weight is 334 g/mol. The summed E-state index contributed by atoms with van der Waals surface area (Å²) in [7, 11) is 0. The molecule has 3 rings (SSSR count). The van der Waals surface area contributed by atoms with E-state index in [4.69, 9.17) is 5.26 Å². The smallest absolute Gasteiger partial charge is 0.325 e. The molecule has 1 N–H and O–H groups in total. The number of urea groups is 1. The van der Waals surface area contributed by atoms with Crippen molar-refractivity contribution >= 4 is 23.3 Å². The van der Waals surface area contributed by atoms with Gasteiger partial charge in [-0.3, -0.25) is 9.69 Å². The van der Waals surface area contributed by atoms with E-state index in [2.05, 4.69) is 5.32 Å². The minimum atomic E-state index is -0.260. The third kappa shape index (κ3) is 3.78. The summed E-state index contributed by atoms with van der Waals surface area (Å²) in [5, 5.41) is 11.5. The number of carbonyl (C=O) groups excluding carboxylic acids is 2. The van der Waals surface area contributed by atoms with Crippen molar-refractivity contribution in [2.24, 2.45) is 0 Å². The van der Waals surface area contributed by atoms with E-state index in [1.165, 1.54) is 4.90 Å². The summed E-state index contributed by atoms with van der Waals surface area (Å²) in [6.45, 7) is 3.07. The molecule has 0 saturated carbocycles. The molecule has 6 nitrogen and oxygen atoms in total. The van der Waals surface area contributed by atoms with Crippen LogP contribution in [0.2, 0.25) is 0 Å². The number of nitrogens with one attached hydrogen (secondary N) is 1. The van der Waals surface area contributed by atoms with Crippen LogP contribution in [0, 0.1) is 18.3 Å². The van der Waals surface area contributed by atoms with E-state index < -0.39 is 0 Å². The van der Waals surface area contributed by atoms with Crippen LogP contribution in [0.15, 0.2) is 48.5 Å². The largest absolute Gasteiger partial charge is 0.325 e. The monoisotopic (exact) mass is 334 g/mol. The molecule has 0 bridgehead atoms. The fourth-order valence-corrected chi connectivity index (χ4v) is 2.70. The van der Waals surface area contributed by atoms with Crippen molar-refractivity contribution in [3.63, 3.8) is 0 Å². The van der Waals surface area contributed by atoms with Gasteiger partial charge in [-0.25, -0.2) is 4.79 Å².